The van der Waals surface area contributed by atoms with Gasteiger partial charge in [0, 0.05) is 38.6 Å². The molecule has 29 heavy (non-hydrogen) atoms. The molecule has 2 N–H and O–H groups in total. The first-order chi connectivity index (χ1) is 13.6. The van der Waals surface area contributed by atoms with E-state index >= 15 is 0 Å². The Morgan fingerprint density at radius 1 is 1.28 bits per heavy atom. The minimum atomic E-state index is 0. The number of hydrogen-bond donors (Lipinski definition) is 2. The second-order valence-electron chi connectivity index (χ2n) is 7.96. The van der Waals surface area contributed by atoms with Crippen LogP contribution in [0.2, 0.25) is 0 Å². The van der Waals surface area contributed by atoms with Crippen molar-refractivity contribution in [3.05, 3.63) is 29.3 Å². The average molecular weight is 514 g/mol. The molecule has 6 nitrogen and oxygen atoms in total. The molecule has 1 aliphatic heterocycles. The number of nitrogens with zero attached hydrogens (tertiary/aromatic N) is 2. The van der Waals surface area contributed by atoms with Gasteiger partial charge in [-0.05, 0) is 44.2 Å². The van der Waals surface area contributed by atoms with Crippen LogP contribution in [-0.2, 0) is 11.2 Å². The zero-order chi connectivity index (χ0) is 19.9. The van der Waals surface area contributed by atoms with Crippen molar-refractivity contribution in [3.63, 3.8) is 0 Å². The van der Waals surface area contributed by atoms with E-state index in [2.05, 4.69) is 34.7 Å². The highest BCUT2D eigenvalue weighted by atomic mass is 127. The highest BCUT2D eigenvalue weighted by Gasteiger charge is 2.32. The van der Waals surface area contributed by atoms with Crippen LogP contribution in [0.4, 0.5) is 0 Å². The van der Waals surface area contributed by atoms with Crippen LogP contribution in [0.1, 0.15) is 43.2 Å². The van der Waals surface area contributed by atoms with E-state index in [0.29, 0.717) is 5.91 Å². The van der Waals surface area contributed by atoms with Crippen LogP contribution in [0.5, 0.6) is 5.75 Å². The Bertz CT molecular complexity index is 704. The summed E-state index contributed by atoms with van der Waals surface area (Å²) in [5.74, 6) is 2.34. The Morgan fingerprint density at radius 2 is 2.03 bits per heavy atom. The summed E-state index contributed by atoms with van der Waals surface area (Å²) in [7, 11) is 3.50. The molecule has 1 unspecified atom stereocenters. The summed E-state index contributed by atoms with van der Waals surface area (Å²) in [4.78, 5) is 19.0. The van der Waals surface area contributed by atoms with E-state index in [0.717, 1.165) is 57.0 Å². The van der Waals surface area contributed by atoms with Crippen molar-refractivity contribution in [2.45, 2.75) is 51.5 Å². The van der Waals surface area contributed by atoms with Gasteiger partial charge in [0.2, 0.25) is 5.91 Å². The smallest absolute Gasteiger partial charge is 0.225 e. The van der Waals surface area contributed by atoms with Gasteiger partial charge in [-0.15, -0.1) is 24.0 Å². The van der Waals surface area contributed by atoms with Crippen molar-refractivity contribution in [1.29, 1.82) is 0 Å². The molecule has 1 atom stereocenters. The molecule has 3 rings (SSSR count). The van der Waals surface area contributed by atoms with Crippen LogP contribution in [0.3, 0.4) is 0 Å². The molecule has 0 bridgehead atoms. The van der Waals surface area contributed by atoms with Crippen LogP contribution >= 0.6 is 24.0 Å². The summed E-state index contributed by atoms with van der Waals surface area (Å²) >= 11 is 0. The van der Waals surface area contributed by atoms with E-state index in [1.165, 1.54) is 24.0 Å². The van der Waals surface area contributed by atoms with E-state index in [4.69, 9.17) is 4.74 Å². The largest absolute Gasteiger partial charge is 0.496 e. The fraction of sp³-hybridized carbons (Fsp3) is 0.636. The van der Waals surface area contributed by atoms with Gasteiger partial charge in [-0.3, -0.25) is 9.79 Å². The molecule has 1 aromatic rings. The molecule has 162 valence electrons. The van der Waals surface area contributed by atoms with E-state index in [9.17, 15) is 4.79 Å². The van der Waals surface area contributed by atoms with Crippen molar-refractivity contribution in [2.24, 2.45) is 10.9 Å². The molecule has 1 saturated carbocycles. The van der Waals surface area contributed by atoms with Crippen molar-refractivity contribution in [3.8, 4) is 5.75 Å². The zero-order valence-electron chi connectivity index (χ0n) is 17.9. The van der Waals surface area contributed by atoms with Gasteiger partial charge in [-0.1, -0.05) is 30.5 Å². The molecule has 1 saturated heterocycles. The van der Waals surface area contributed by atoms with Gasteiger partial charge in [0.1, 0.15) is 5.75 Å². The van der Waals surface area contributed by atoms with Gasteiger partial charge in [-0.2, -0.15) is 0 Å². The van der Waals surface area contributed by atoms with Gasteiger partial charge in [-0.25, -0.2) is 0 Å². The summed E-state index contributed by atoms with van der Waals surface area (Å²) < 4.78 is 5.46. The number of carbonyl (C=O) groups is 1. The molecule has 7 heteroatoms. The monoisotopic (exact) mass is 514 g/mol. The maximum atomic E-state index is 12.6. The second kappa shape index (κ2) is 11.6. The van der Waals surface area contributed by atoms with E-state index in [1.54, 1.807) is 14.2 Å². The Kier molecular flexibility index (Phi) is 9.52. The van der Waals surface area contributed by atoms with Crippen molar-refractivity contribution in [2.75, 3.05) is 33.8 Å². The first kappa shape index (κ1) is 23.8. The molecule has 2 fully saturated rings. The third-order valence-corrected chi connectivity index (χ3v) is 5.89. The maximum absolute atomic E-state index is 12.6. The lowest BCUT2D eigenvalue weighted by molar-refractivity contribution is -0.134. The van der Waals surface area contributed by atoms with Gasteiger partial charge >= 0.3 is 0 Å². The number of nitrogens with one attached hydrogen (secondary N) is 2. The number of methoxy groups -OCH3 is 1. The SMILES string of the molecule is CN=C(NCCc1cc(C)ccc1OC)NC1CCN(C(=O)C2CCCC2)C1.I. The quantitative estimate of drug-likeness (QED) is 0.348. The van der Waals surface area contributed by atoms with Crippen LogP contribution in [0.25, 0.3) is 0 Å². The van der Waals surface area contributed by atoms with Crippen LogP contribution < -0.4 is 15.4 Å². The van der Waals surface area contributed by atoms with Crippen LogP contribution in [0, 0.1) is 12.8 Å². The molecule has 2 aliphatic rings. The van der Waals surface area contributed by atoms with Crippen molar-refractivity contribution < 1.29 is 9.53 Å². The molecular formula is C22H35IN4O2. The van der Waals surface area contributed by atoms with Gasteiger partial charge in [0.25, 0.3) is 0 Å². The zero-order valence-corrected chi connectivity index (χ0v) is 20.2. The number of aliphatic imine (C=N–C) groups is 1. The summed E-state index contributed by atoms with van der Waals surface area (Å²) in [5, 5.41) is 6.88. The third-order valence-electron chi connectivity index (χ3n) is 5.89. The Morgan fingerprint density at radius 3 is 2.72 bits per heavy atom. The lowest BCUT2D eigenvalue weighted by Gasteiger charge is -2.21. The van der Waals surface area contributed by atoms with E-state index < -0.39 is 0 Å². The second-order valence-corrected chi connectivity index (χ2v) is 7.96. The van der Waals surface area contributed by atoms with E-state index in [-0.39, 0.29) is 35.9 Å². The molecule has 1 aliphatic carbocycles. The van der Waals surface area contributed by atoms with Crippen molar-refractivity contribution in [1.82, 2.24) is 15.5 Å². The van der Waals surface area contributed by atoms with Crippen LogP contribution in [-0.4, -0.2) is 56.6 Å². The lowest BCUT2D eigenvalue weighted by atomic mass is 10.1. The average Bonchev–Trinajstić information content (AvgIpc) is 3.39. The minimum absolute atomic E-state index is 0. The fourth-order valence-corrected chi connectivity index (χ4v) is 4.32. The van der Waals surface area contributed by atoms with Gasteiger partial charge in [0.15, 0.2) is 5.96 Å². The number of aryl methyl sites for hydroxylation is 1. The van der Waals surface area contributed by atoms with Crippen LogP contribution in [0.15, 0.2) is 23.2 Å². The number of amides is 1. The molecule has 0 spiro atoms. The highest BCUT2D eigenvalue weighted by Crippen LogP contribution is 2.27. The Labute approximate surface area is 191 Å². The standard InChI is InChI=1S/C22H34N4O2.HI/c1-16-8-9-20(28-3)18(14-16)10-12-24-22(23-2)25-19-11-13-26(15-19)21(27)17-6-4-5-7-17;/h8-9,14,17,19H,4-7,10-13,15H2,1-3H3,(H2,23,24,25);1H. The van der Waals surface area contributed by atoms with Gasteiger partial charge in [0.05, 0.1) is 7.11 Å². The number of carbonyl (C=O) groups excluding carboxylic acids is 1. The summed E-state index contributed by atoms with van der Waals surface area (Å²) in [6.07, 6.45) is 6.38. The molecule has 0 radical (unpaired) electrons. The van der Waals surface area contributed by atoms with E-state index in [1.807, 2.05) is 11.0 Å². The first-order valence-electron chi connectivity index (χ1n) is 10.5. The number of hydrogen-bond acceptors (Lipinski definition) is 3. The number of halogens is 1. The molecule has 1 amide bonds. The fourth-order valence-electron chi connectivity index (χ4n) is 4.32. The minimum Gasteiger partial charge on any atom is -0.496 e. The summed E-state index contributed by atoms with van der Waals surface area (Å²) in [6, 6.07) is 6.52. The number of guanidine groups is 1. The lowest BCUT2D eigenvalue weighted by Crippen LogP contribution is -2.45. The van der Waals surface area contributed by atoms with Crippen molar-refractivity contribution >= 4 is 35.8 Å². The number of benzene rings is 1. The maximum Gasteiger partial charge on any atom is 0.225 e. The number of rotatable bonds is 6. The first-order valence-corrected chi connectivity index (χ1v) is 10.5. The van der Waals surface area contributed by atoms with Gasteiger partial charge < -0.3 is 20.3 Å². The third kappa shape index (κ3) is 6.49. The normalized spacial score (nSPS) is 19.8. The summed E-state index contributed by atoms with van der Waals surface area (Å²) in [6.45, 7) is 4.50. The predicted molar refractivity (Wildman–Crippen MR) is 128 cm³/mol. The summed E-state index contributed by atoms with van der Waals surface area (Å²) in [5.41, 5.74) is 2.43. The molecule has 1 aromatic carbocycles. The highest BCUT2D eigenvalue weighted by molar-refractivity contribution is 14.0. The Hall–Kier alpha value is -1.51. The topological polar surface area (TPSA) is 66.0 Å². The predicted octanol–water partition coefficient (Wildman–Crippen LogP) is 3.12. The molecule has 1 heterocycles. The molecular weight excluding hydrogens is 479 g/mol. The Balaban J connectivity index is 0.00000300. The number of ether oxygens (including phenoxy) is 1. The number of likely N-dealkylation sites (tertiary alicyclic amines) is 1. The molecule has 0 aromatic heterocycles.